The first-order valence-corrected chi connectivity index (χ1v) is 6.91. The zero-order chi connectivity index (χ0) is 15.2. The van der Waals surface area contributed by atoms with E-state index in [1.807, 2.05) is 0 Å². The molecule has 1 aromatic heterocycles. The highest BCUT2D eigenvalue weighted by Crippen LogP contribution is 2.32. The molecule has 0 aliphatic rings. The summed E-state index contributed by atoms with van der Waals surface area (Å²) in [7, 11) is 0. The van der Waals surface area contributed by atoms with Gasteiger partial charge in [0.25, 0.3) is 0 Å². The molecule has 0 saturated carbocycles. The van der Waals surface area contributed by atoms with E-state index in [-0.39, 0.29) is 18.1 Å². The average Bonchev–Trinajstić information content (AvgIpc) is 2.89. The maximum absolute atomic E-state index is 12.4. The molecule has 0 atom stereocenters. The van der Waals surface area contributed by atoms with Crippen LogP contribution in [0.4, 0.5) is 19.5 Å². The first kappa shape index (κ1) is 15.2. The fourth-order valence-corrected chi connectivity index (χ4v) is 2.25. The lowest BCUT2D eigenvalue weighted by molar-refractivity contribution is -0.0493. The number of aromatic nitrogens is 1. The van der Waals surface area contributed by atoms with Gasteiger partial charge in [-0.25, -0.2) is 9.78 Å². The number of esters is 1. The molecule has 0 spiro atoms. The Morgan fingerprint density at radius 3 is 2.90 bits per heavy atom. The third-order valence-corrected chi connectivity index (χ3v) is 3.13. The van der Waals surface area contributed by atoms with Gasteiger partial charge in [0.05, 0.1) is 17.8 Å². The van der Waals surface area contributed by atoms with Crippen LogP contribution in [0.2, 0.25) is 0 Å². The van der Waals surface area contributed by atoms with E-state index in [4.69, 9.17) is 4.74 Å². The molecular formula is C13H12F2N2O3S. The molecule has 0 fully saturated rings. The van der Waals surface area contributed by atoms with E-state index >= 15 is 0 Å². The SMILES string of the molecule is CCOC(=O)c1ncsc1Nc1ccccc1OC(F)F. The van der Waals surface area contributed by atoms with Gasteiger partial charge in [-0.15, -0.1) is 11.3 Å². The van der Waals surface area contributed by atoms with Crippen molar-refractivity contribution in [3.63, 3.8) is 0 Å². The molecule has 8 heteroatoms. The minimum atomic E-state index is -2.93. The summed E-state index contributed by atoms with van der Waals surface area (Å²) in [5, 5.41) is 3.26. The lowest BCUT2D eigenvalue weighted by Crippen LogP contribution is -2.08. The molecule has 21 heavy (non-hydrogen) atoms. The van der Waals surface area contributed by atoms with Crippen LogP contribution in [0.15, 0.2) is 29.8 Å². The van der Waals surface area contributed by atoms with Crippen molar-refractivity contribution >= 4 is 28.0 Å². The Morgan fingerprint density at radius 1 is 1.43 bits per heavy atom. The average molecular weight is 314 g/mol. The zero-order valence-electron chi connectivity index (χ0n) is 11.0. The molecule has 2 rings (SSSR count). The fraction of sp³-hybridized carbons (Fsp3) is 0.231. The molecular weight excluding hydrogens is 302 g/mol. The van der Waals surface area contributed by atoms with Crippen LogP contribution in [0.5, 0.6) is 5.75 Å². The predicted octanol–water partition coefficient (Wildman–Crippen LogP) is 3.66. The molecule has 0 saturated heterocycles. The normalized spacial score (nSPS) is 10.5. The van der Waals surface area contributed by atoms with Crippen LogP contribution in [0.1, 0.15) is 17.4 Å². The Bertz CT molecular complexity index is 619. The molecule has 2 aromatic rings. The third-order valence-electron chi connectivity index (χ3n) is 2.39. The van der Waals surface area contributed by atoms with E-state index in [1.165, 1.54) is 11.6 Å². The number of nitrogens with zero attached hydrogens (tertiary/aromatic N) is 1. The quantitative estimate of drug-likeness (QED) is 0.824. The first-order chi connectivity index (χ1) is 10.1. The Labute approximate surface area is 123 Å². The number of nitrogens with one attached hydrogen (secondary N) is 1. The highest BCUT2D eigenvalue weighted by Gasteiger charge is 2.18. The number of para-hydroxylation sites is 2. The van der Waals surface area contributed by atoms with Gasteiger partial charge in [0, 0.05) is 0 Å². The second-order valence-electron chi connectivity index (χ2n) is 3.75. The van der Waals surface area contributed by atoms with Crippen molar-refractivity contribution in [3.05, 3.63) is 35.5 Å². The number of thiazole rings is 1. The molecule has 1 N–H and O–H groups in total. The van der Waals surface area contributed by atoms with Gasteiger partial charge in [-0.2, -0.15) is 8.78 Å². The van der Waals surface area contributed by atoms with Crippen molar-refractivity contribution in [2.45, 2.75) is 13.5 Å². The van der Waals surface area contributed by atoms with E-state index in [2.05, 4.69) is 15.0 Å². The van der Waals surface area contributed by atoms with Crippen molar-refractivity contribution in [2.75, 3.05) is 11.9 Å². The number of halogens is 2. The highest BCUT2D eigenvalue weighted by molar-refractivity contribution is 7.14. The second kappa shape index (κ2) is 6.98. The number of anilines is 2. The van der Waals surface area contributed by atoms with Gasteiger partial charge in [0.1, 0.15) is 10.8 Å². The molecule has 1 heterocycles. The lowest BCUT2D eigenvalue weighted by Gasteiger charge is -2.11. The van der Waals surface area contributed by atoms with E-state index in [9.17, 15) is 13.6 Å². The van der Waals surface area contributed by atoms with E-state index < -0.39 is 12.6 Å². The third kappa shape index (κ3) is 3.88. The number of benzene rings is 1. The van der Waals surface area contributed by atoms with Gasteiger partial charge in [-0.3, -0.25) is 0 Å². The maximum atomic E-state index is 12.4. The highest BCUT2D eigenvalue weighted by atomic mass is 32.1. The van der Waals surface area contributed by atoms with E-state index in [0.717, 1.165) is 11.3 Å². The zero-order valence-corrected chi connectivity index (χ0v) is 11.8. The minimum Gasteiger partial charge on any atom is -0.461 e. The van der Waals surface area contributed by atoms with Crippen molar-refractivity contribution in [1.82, 2.24) is 4.98 Å². The summed E-state index contributed by atoms with van der Waals surface area (Å²) in [5.41, 5.74) is 1.88. The Kier molecular flexibility index (Phi) is 5.04. The Hall–Kier alpha value is -2.22. The number of carbonyl (C=O) groups is 1. The molecule has 112 valence electrons. The van der Waals surface area contributed by atoms with Crippen LogP contribution < -0.4 is 10.1 Å². The molecule has 0 unspecified atom stereocenters. The molecule has 0 aliphatic heterocycles. The standard InChI is InChI=1S/C13H12F2N2O3S/c1-2-19-12(18)10-11(21-7-16-10)17-8-5-3-4-6-9(8)20-13(14)15/h3-7,13,17H,2H2,1H3. The number of hydrogen-bond donors (Lipinski definition) is 1. The number of rotatable bonds is 6. The number of ether oxygens (including phenoxy) is 2. The lowest BCUT2D eigenvalue weighted by atomic mass is 10.3. The van der Waals surface area contributed by atoms with Crippen LogP contribution in [0.3, 0.4) is 0 Å². The maximum Gasteiger partial charge on any atom is 0.387 e. The number of alkyl halides is 2. The largest absolute Gasteiger partial charge is 0.461 e. The second-order valence-corrected chi connectivity index (χ2v) is 4.60. The smallest absolute Gasteiger partial charge is 0.387 e. The summed E-state index contributed by atoms with van der Waals surface area (Å²) in [5.74, 6) is -0.593. The van der Waals surface area contributed by atoms with Gasteiger partial charge < -0.3 is 14.8 Å². The molecule has 0 bridgehead atoms. The monoisotopic (exact) mass is 314 g/mol. The molecule has 0 aliphatic carbocycles. The van der Waals surface area contributed by atoms with Crippen molar-refractivity contribution < 1.29 is 23.0 Å². The van der Waals surface area contributed by atoms with Crippen LogP contribution in [0, 0.1) is 0 Å². The first-order valence-electron chi connectivity index (χ1n) is 6.03. The minimum absolute atomic E-state index is 0.0179. The van der Waals surface area contributed by atoms with Crippen LogP contribution in [0.25, 0.3) is 0 Å². The fourth-order valence-electron chi connectivity index (χ4n) is 1.57. The predicted molar refractivity (Wildman–Crippen MR) is 74.4 cm³/mol. The number of hydrogen-bond acceptors (Lipinski definition) is 6. The van der Waals surface area contributed by atoms with Crippen molar-refractivity contribution in [2.24, 2.45) is 0 Å². The molecule has 0 amide bonds. The van der Waals surface area contributed by atoms with Crippen LogP contribution in [-0.2, 0) is 4.74 Å². The van der Waals surface area contributed by atoms with Gasteiger partial charge in [-0.05, 0) is 19.1 Å². The Balaban J connectivity index is 2.23. The van der Waals surface area contributed by atoms with Crippen molar-refractivity contribution in [3.8, 4) is 5.75 Å². The molecule has 0 radical (unpaired) electrons. The summed E-state index contributed by atoms with van der Waals surface area (Å²) in [6, 6.07) is 6.19. The molecule has 5 nitrogen and oxygen atoms in total. The van der Waals surface area contributed by atoms with Crippen molar-refractivity contribution in [1.29, 1.82) is 0 Å². The van der Waals surface area contributed by atoms with Gasteiger partial charge in [0.2, 0.25) is 0 Å². The summed E-state index contributed by atoms with van der Waals surface area (Å²) in [6.45, 7) is -1.02. The summed E-state index contributed by atoms with van der Waals surface area (Å²) < 4.78 is 34.0. The van der Waals surface area contributed by atoms with Gasteiger partial charge >= 0.3 is 12.6 Å². The number of carbonyl (C=O) groups excluding carboxylic acids is 1. The van der Waals surface area contributed by atoms with Gasteiger partial charge in [-0.1, -0.05) is 12.1 Å². The summed E-state index contributed by atoms with van der Waals surface area (Å²) >= 11 is 1.16. The van der Waals surface area contributed by atoms with E-state index in [1.54, 1.807) is 25.1 Å². The summed E-state index contributed by atoms with van der Waals surface area (Å²) in [6.07, 6.45) is 0. The molecule has 1 aromatic carbocycles. The van der Waals surface area contributed by atoms with Crippen LogP contribution >= 0.6 is 11.3 Å². The van der Waals surface area contributed by atoms with Crippen LogP contribution in [-0.4, -0.2) is 24.2 Å². The van der Waals surface area contributed by atoms with E-state index in [0.29, 0.717) is 10.7 Å². The summed E-state index contributed by atoms with van der Waals surface area (Å²) in [4.78, 5) is 15.6. The topological polar surface area (TPSA) is 60.5 Å². The van der Waals surface area contributed by atoms with Gasteiger partial charge in [0.15, 0.2) is 5.69 Å². The Morgan fingerprint density at radius 2 is 2.19 bits per heavy atom.